The molecule has 150 valence electrons. The first kappa shape index (κ1) is 19.6. The first-order valence-corrected chi connectivity index (χ1v) is 9.84. The molecule has 0 bridgehead atoms. The third-order valence-corrected chi connectivity index (χ3v) is 5.55. The third kappa shape index (κ3) is 4.29. The predicted octanol–water partition coefficient (Wildman–Crippen LogP) is 3.01. The highest BCUT2D eigenvalue weighted by molar-refractivity contribution is 5.17. The summed E-state index contributed by atoms with van der Waals surface area (Å²) in [5.74, 6) is 0. The van der Waals surface area contributed by atoms with E-state index < -0.39 is 0 Å². The topological polar surface area (TPSA) is 46.2 Å². The molecule has 6 atom stereocenters. The van der Waals surface area contributed by atoms with E-state index >= 15 is 0 Å². The number of hydrogen-bond acceptors (Lipinski definition) is 5. The average molecular weight is 384 g/mol. The summed E-state index contributed by atoms with van der Waals surface area (Å²) in [6.45, 7) is 0.490. The summed E-state index contributed by atoms with van der Waals surface area (Å²) < 4.78 is 30.3. The van der Waals surface area contributed by atoms with Crippen LogP contribution in [0.1, 0.15) is 11.1 Å². The maximum Gasteiger partial charge on any atom is 0.162 e. The van der Waals surface area contributed by atoms with Crippen molar-refractivity contribution in [1.82, 2.24) is 0 Å². The molecule has 0 aliphatic carbocycles. The van der Waals surface area contributed by atoms with Gasteiger partial charge >= 0.3 is 0 Å². The fourth-order valence-electron chi connectivity index (χ4n) is 4.18. The highest BCUT2D eigenvalue weighted by atomic mass is 16.7. The molecule has 5 heteroatoms. The normalized spacial score (nSPS) is 32.6. The van der Waals surface area contributed by atoms with Crippen LogP contribution < -0.4 is 0 Å². The molecule has 2 aromatic carbocycles. The summed E-state index contributed by atoms with van der Waals surface area (Å²) in [7, 11) is 3.42. The van der Waals surface area contributed by atoms with Crippen LogP contribution in [0.25, 0.3) is 0 Å². The van der Waals surface area contributed by atoms with Gasteiger partial charge in [-0.15, -0.1) is 0 Å². The molecule has 28 heavy (non-hydrogen) atoms. The number of hydrogen-bond donors (Lipinski definition) is 0. The minimum atomic E-state index is -0.312. The minimum absolute atomic E-state index is 0.114. The second-order valence-electron chi connectivity index (χ2n) is 7.36. The van der Waals surface area contributed by atoms with Gasteiger partial charge in [-0.1, -0.05) is 60.7 Å². The lowest BCUT2D eigenvalue weighted by molar-refractivity contribution is -0.329. The Morgan fingerprint density at radius 3 is 2.00 bits per heavy atom. The van der Waals surface area contributed by atoms with Crippen molar-refractivity contribution in [2.24, 2.45) is 0 Å². The highest BCUT2D eigenvalue weighted by Gasteiger charge is 2.50. The predicted molar refractivity (Wildman–Crippen MR) is 105 cm³/mol. The lowest BCUT2D eigenvalue weighted by Crippen LogP contribution is -2.64. The molecule has 2 fully saturated rings. The molecule has 2 aliphatic rings. The molecule has 0 aromatic heterocycles. The van der Waals surface area contributed by atoms with Crippen LogP contribution in [0.5, 0.6) is 0 Å². The van der Waals surface area contributed by atoms with Crippen LogP contribution in [-0.2, 0) is 36.5 Å². The fourth-order valence-corrected chi connectivity index (χ4v) is 4.18. The average Bonchev–Trinajstić information content (AvgIpc) is 2.74. The Morgan fingerprint density at radius 1 is 0.786 bits per heavy atom. The molecular weight excluding hydrogens is 356 g/mol. The van der Waals surface area contributed by atoms with E-state index in [2.05, 4.69) is 24.3 Å². The van der Waals surface area contributed by atoms with Crippen molar-refractivity contribution in [2.75, 3.05) is 20.8 Å². The Hall–Kier alpha value is -1.76. The van der Waals surface area contributed by atoms with Crippen LogP contribution in [0, 0.1) is 0 Å². The Morgan fingerprint density at radius 2 is 1.39 bits per heavy atom. The first-order valence-electron chi connectivity index (χ1n) is 9.84. The first-order chi connectivity index (χ1) is 13.8. The lowest BCUT2D eigenvalue weighted by atomic mass is 9.90. The second kappa shape index (κ2) is 9.16. The van der Waals surface area contributed by atoms with Crippen molar-refractivity contribution >= 4 is 0 Å². The van der Waals surface area contributed by atoms with Crippen molar-refractivity contribution in [3.05, 3.63) is 71.8 Å². The van der Waals surface area contributed by atoms with Gasteiger partial charge in [0.05, 0.1) is 12.7 Å². The number of rotatable bonds is 6. The zero-order valence-electron chi connectivity index (χ0n) is 16.4. The van der Waals surface area contributed by atoms with Gasteiger partial charge < -0.3 is 23.7 Å². The van der Waals surface area contributed by atoms with Gasteiger partial charge in [0.15, 0.2) is 6.29 Å². The minimum Gasteiger partial charge on any atom is -0.376 e. The van der Waals surface area contributed by atoms with E-state index in [9.17, 15) is 0 Å². The van der Waals surface area contributed by atoms with E-state index in [1.165, 1.54) is 11.1 Å². The zero-order chi connectivity index (χ0) is 19.3. The zero-order valence-corrected chi connectivity index (χ0v) is 16.4. The Labute approximate surface area is 166 Å². The van der Waals surface area contributed by atoms with Gasteiger partial charge in [-0.05, 0) is 11.1 Å². The number of fused-ring (bicyclic) bond motifs is 1. The van der Waals surface area contributed by atoms with Gasteiger partial charge in [0.2, 0.25) is 0 Å². The van der Waals surface area contributed by atoms with Gasteiger partial charge in [0, 0.05) is 27.1 Å². The van der Waals surface area contributed by atoms with Crippen molar-refractivity contribution in [2.45, 2.75) is 49.7 Å². The molecular formula is C23H28O5. The fraction of sp³-hybridized carbons (Fsp3) is 0.478. The summed E-state index contributed by atoms with van der Waals surface area (Å²) in [5, 5.41) is 0. The lowest BCUT2D eigenvalue weighted by Gasteiger charge is -2.48. The van der Waals surface area contributed by atoms with Crippen LogP contribution in [0.2, 0.25) is 0 Å². The van der Waals surface area contributed by atoms with Gasteiger partial charge in [-0.25, -0.2) is 0 Å². The molecule has 0 saturated carbocycles. The van der Waals surface area contributed by atoms with E-state index in [1.54, 1.807) is 14.2 Å². The monoisotopic (exact) mass is 384 g/mol. The molecule has 4 rings (SSSR count). The smallest absolute Gasteiger partial charge is 0.162 e. The second-order valence-corrected chi connectivity index (χ2v) is 7.36. The van der Waals surface area contributed by atoms with Gasteiger partial charge in [-0.2, -0.15) is 0 Å². The van der Waals surface area contributed by atoms with Crippen LogP contribution in [0.15, 0.2) is 60.7 Å². The maximum absolute atomic E-state index is 6.37. The maximum atomic E-state index is 6.37. The van der Waals surface area contributed by atoms with Gasteiger partial charge in [0.1, 0.15) is 24.4 Å². The van der Waals surface area contributed by atoms with Crippen LogP contribution in [0.3, 0.4) is 0 Å². The SMILES string of the molecule is COC1C(Cc2ccccc2)OC2COC(Cc3ccccc3)OC2C1OC. The Balaban J connectivity index is 1.47. The van der Waals surface area contributed by atoms with Crippen molar-refractivity contribution in [3.8, 4) is 0 Å². The van der Waals surface area contributed by atoms with E-state index in [0.29, 0.717) is 13.0 Å². The molecule has 2 aromatic rings. The van der Waals surface area contributed by atoms with Crippen LogP contribution >= 0.6 is 0 Å². The van der Waals surface area contributed by atoms with Crippen LogP contribution in [-0.4, -0.2) is 57.6 Å². The van der Waals surface area contributed by atoms with Crippen LogP contribution in [0.4, 0.5) is 0 Å². The summed E-state index contributed by atoms with van der Waals surface area (Å²) in [6, 6.07) is 20.5. The van der Waals surface area contributed by atoms with E-state index in [4.69, 9.17) is 23.7 Å². The van der Waals surface area contributed by atoms with Crippen molar-refractivity contribution in [1.29, 1.82) is 0 Å². The molecule has 0 spiro atoms. The summed E-state index contributed by atoms with van der Waals surface area (Å²) in [6.07, 6.45) is 0.231. The Bertz CT molecular complexity index is 722. The van der Waals surface area contributed by atoms with E-state index in [0.717, 1.165) is 6.42 Å². The molecule has 2 aliphatic heterocycles. The molecule has 2 heterocycles. The van der Waals surface area contributed by atoms with E-state index in [-0.39, 0.29) is 36.8 Å². The van der Waals surface area contributed by atoms with Gasteiger partial charge in [0.25, 0.3) is 0 Å². The molecule has 5 nitrogen and oxygen atoms in total. The molecule has 0 N–H and O–H groups in total. The van der Waals surface area contributed by atoms with Crippen molar-refractivity contribution in [3.63, 3.8) is 0 Å². The quantitative estimate of drug-likeness (QED) is 0.766. The molecule has 0 radical (unpaired) electrons. The largest absolute Gasteiger partial charge is 0.376 e. The molecule has 0 amide bonds. The van der Waals surface area contributed by atoms with E-state index in [1.807, 2.05) is 36.4 Å². The number of methoxy groups -OCH3 is 2. The molecule has 6 unspecified atom stereocenters. The Kier molecular flexibility index (Phi) is 6.40. The highest BCUT2D eigenvalue weighted by Crippen LogP contribution is 2.33. The number of benzene rings is 2. The third-order valence-electron chi connectivity index (χ3n) is 5.55. The standard InChI is InChI=1S/C23H28O5/c1-24-21-18(13-16-9-5-3-6-10-16)27-19-15-26-20(28-22(19)23(21)25-2)14-17-11-7-4-8-12-17/h3-12,18-23H,13-15H2,1-2H3. The summed E-state index contributed by atoms with van der Waals surface area (Å²) in [5.41, 5.74) is 2.39. The number of ether oxygens (including phenoxy) is 5. The summed E-state index contributed by atoms with van der Waals surface area (Å²) >= 11 is 0. The summed E-state index contributed by atoms with van der Waals surface area (Å²) in [4.78, 5) is 0. The van der Waals surface area contributed by atoms with Crippen molar-refractivity contribution < 1.29 is 23.7 Å². The molecule has 2 saturated heterocycles. The van der Waals surface area contributed by atoms with Gasteiger partial charge in [-0.3, -0.25) is 0 Å².